The maximum Gasteiger partial charge on any atom is 0.0125 e. The van der Waals surface area contributed by atoms with Crippen LogP contribution in [0.1, 0.15) is 75.2 Å². The number of nitrogens with zero attached hydrogens (tertiary/aromatic N) is 1. The molecule has 0 amide bonds. The fourth-order valence-corrected chi connectivity index (χ4v) is 3.98. The van der Waals surface area contributed by atoms with Crippen molar-refractivity contribution >= 4 is 0 Å². The van der Waals surface area contributed by atoms with Crippen LogP contribution in [0.4, 0.5) is 0 Å². The molecule has 0 radical (unpaired) electrons. The van der Waals surface area contributed by atoms with Crippen molar-refractivity contribution < 1.29 is 0 Å². The molecule has 0 saturated carbocycles. The zero-order valence-electron chi connectivity index (χ0n) is 14.3. The molecule has 0 aromatic rings. The summed E-state index contributed by atoms with van der Waals surface area (Å²) in [6.45, 7) is 24.2. The monoisotopic (exact) mass is 253 g/mol. The van der Waals surface area contributed by atoms with E-state index in [0.29, 0.717) is 21.8 Å². The van der Waals surface area contributed by atoms with Crippen molar-refractivity contribution in [2.45, 2.75) is 80.7 Å². The first-order chi connectivity index (χ1) is 7.81. The van der Waals surface area contributed by atoms with Gasteiger partial charge in [-0.3, -0.25) is 4.90 Å². The molecule has 1 aliphatic rings. The van der Waals surface area contributed by atoms with Crippen molar-refractivity contribution in [1.82, 2.24) is 4.90 Å². The van der Waals surface area contributed by atoms with Crippen LogP contribution in [-0.2, 0) is 0 Å². The van der Waals surface area contributed by atoms with Crippen LogP contribution < -0.4 is 0 Å². The first kappa shape index (κ1) is 16.0. The highest BCUT2D eigenvalue weighted by molar-refractivity contribution is 5.03. The Balaban J connectivity index is 3.14. The lowest BCUT2D eigenvalue weighted by Gasteiger charge is -2.60. The van der Waals surface area contributed by atoms with Crippen molar-refractivity contribution in [2.24, 2.45) is 16.2 Å². The molecule has 0 atom stereocenters. The zero-order valence-corrected chi connectivity index (χ0v) is 14.3. The number of hydrogen-bond donors (Lipinski definition) is 0. The molecule has 1 heteroatoms. The van der Waals surface area contributed by atoms with Crippen LogP contribution in [0.25, 0.3) is 0 Å². The smallest absolute Gasteiger partial charge is 0.0125 e. The second kappa shape index (κ2) is 4.51. The van der Waals surface area contributed by atoms with Gasteiger partial charge in [-0.25, -0.2) is 0 Å². The summed E-state index contributed by atoms with van der Waals surface area (Å²) in [6.07, 6.45) is 2.71. The lowest BCUT2D eigenvalue weighted by Crippen LogP contribution is -2.60. The SMILES string of the molecule is CC(C)(C)N1CCCC(C(C)(C)C)(C(C)(C)C)C1. The highest BCUT2D eigenvalue weighted by Crippen LogP contribution is 2.56. The van der Waals surface area contributed by atoms with E-state index in [1.165, 1.54) is 25.9 Å². The van der Waals surface area contributed by atoms with Gasteiger partial charge in [-0.05, 0) is 56.4 Å². The maximum absolute atomic E-state index is 2.70. The predicted molar refractivity (Wildman–Crippen MR) is 81.9 cm³/mol. The molecule has 0 aromatic carbocycles. The van der Waals surface area contributed by atoms with E-state index < -0.39 is 0 Å². The fourth-order valence-electron chi connectivity index (χ4n) is 3.98. The molecule has 0 aromatic heterocycles. The Morgan fingerprint density at radius 3 is 1.56 bits per heavy atom. The summed E-state index contributed by atoms with van der Waals surface area (Å²) in [6, 6.07) is 0. The van der Waals surface area contributed by atoms with E-state index in [9.17, 15) is 0 Å². The van der Waals surface area contributed by atoms with E-state index >= 15 is 0 Å². The van der Waals surface area contributed by atoms with Crippen molar-refractivity contribution in [3.8, 4) is 0 Å². The van der Waals surface area contributed by atoms with Gasteiger partial charge in [0.25, 0.3) is 0 Å². The highest BCUT2D eigenvalue weighted by Gasteiger charge is 2.53. The summed E-state index contributed by atoms with van der Waals surface area (Å²) < 4.78 is 0. The van der Waals surface area contributed by atoms with Gasteiger partial charge in [-0.1, -0.05) is 41.5 Å². The third-order valence-corrected chi connectivity index (χ3v) is 5.31. The molecule has 1 nitrogen and oxygen atoms in total. The van der Waals surface area contributed by atoms with Crippen molar-refractivity contribution in [3.05, 3.63) is 0 Å². The lowest BCUT2D eigenvalue weighted by molar-refractivity contribution is -0.108. The molecule has 0 spiro atoms. The maximum atomic E-state index is 2.70. The quantitative estimate of drug-likeness (QED) is 0.590. The molecular formula is C17H35N. The van der Waals surface area contributed by atoms with E-state index in [2.05, 4.69) is 67.2 Å². The largest absolute Gasteiger partial charge is 0.298 e. The third-order valence-electron chi connectivity index (χ3n) is 5.31. The molecule has 1 aliphatic heterocycles. The summed E-state index contributed by atoms with van der Waals surface area (Å²) in [5, 5.41) is 0. The minimum atomic E-state index is 0.294. The molecule has 1 saturated heterocycles. The van der Waals surface area contributed by atoms with E-state index in [1.807, 2.05) is 0 Å². The second-order valence-electron chi connectivity index (χ2n) is 9.28. The Labute approximate surface area is 115 Å². The Hall–Kier alpha value is -0.0400. The van der Waals surface area contributed by atoms with E-state index in [4.69, 9.17) is 0 Å². The van der Waals surface area contributed by atoms with Crippen LogP contribution in [-0.4, -0.2) is 23.5 Å². The number of hydrogen-bond acceptors (Lipinski definition) is 1. The van der Waals surface area contributed by atoms with E-state index in [1.54, 1.807) is 0 Å². The molecule has 0 unspecified atom stereocenters. The Morgan fingerprint density at radius 1 is 0.778 bits per heavy atom. The van der Waals surface area contributed by atoms with Gasteiger partial charge in [0.15, 0.2) is 0 Å². The minimum Gasteiger partial charge on any atom is -0.298 e. The average molecular weight is 253 g/mol. The Bertz CT molecular complexity index is 268. The fraction of sp³-hybridized carbons (Fsp3) is 1.00. The van der Waals surface area contributed by atoms with Crippen LogP contribution in [0.5, 0.6) is 0 Å². The molecule has 0 bridgehead atoms. The van der Waals surface area contributed by atoms with Gasteiger partial charge in [-0.15, -0.1) is 0 Å². The molecule has 0 aliphatic carbocycles. The molecule has 1 rings (SSSR count). The number of likely N-dealkylation sites (tertiary alicyclic amines) is 1. The van der Waals surface area contributed by atoms with Gasteiger partial charge in [0, 0.05) is 12.1 Å². The molecular weight excluding hydrogens is 218 g/mol. The van der Waals surface area contributed by atoms with Crippen LogP contribution in [0.3, 0.4) is 0 Å². The van der Waals surface area contributed by atoms with Gasteiger partial charge in [0.05, 0.1) is 0 Å². The van der Waals surface area contributed by atoms with Crippen molar-refractivity contribution in [2.75, 3.05) is 13.1 Å². The van der Waals surface area contributed by atoms with E-state index in [-0.39, 0.29) is 0 Å². The molecule has 1 fully saturated rings. The zero-order chi connectivity index (χ0) is 14.4. The van der Waals surface area contributed by atoms with Gasteiger partial charge in [0.2, 0.25) is 0 Å². The topological polar surface area (TPSA) is 3.24 Å². The van der Waals surface area contributed by atoms with Gasteiger partial charge in [0.1, 0.15) is 0 Å². The summed E-state index contributed by atoms with van der Waals surface area (Å²) >= 11 is 0. The summed E-state index contributed by atoms with van der Waals surface area (Å²) in [5.41, 5.74) is 1.41. The van der Waals surface area contributed by atoms with Crippen molar-refractivity contribution in [1.29, 1.82) is 0 Å². The first-order valence-electron chi connectivity index (χ1n) is 7.56. The minimum absolute atomic E-state index is 0.294. The van der Waals surface area contributed by atoms with Gasteiger partial charge in [-0.2, -0.15) is 0 Å². The van der Waals surface area contributed by atoms with Crippen LogP contribution in [0, 0.1) is 16.2 Å². The summed E-state index contributed by atoms with van der Waals surface area (Å²) in [5.74, 6) is 0. The third kappa shape index (κ3) is 2.76. The van der Waals surface area contributed by atoms with E-state index in [0.717, 1.165) is 0 Å². The standard InChI is InChI=1S/C17H35N/c1-14(2,3)17(15(4,5)6)11-10-12-18(13-17)16(7,8)9/h10-13H2,1-9H3. The molecule has 0 N–H and O–H groups in total. The van der Waals surface area contributed by atoms with Crippen LogP contribution in [0.15, 0.2) is 0 Å². The van der Waals surface area contributed by atoms with Crippen molar-refractivity contribution in [3.63, 3.8) is 0 Å². The molecule has 18 heavy (non-hydrogen) atoms. The number of rotatable bonds is 0. The first-order valence-corrected chi connectivity index (χ1v) is 7.56. The molecule has 108 valence electrons. The normalized spacial score (nSPS) is 23.2. The molecule has 1 heterocycles. The summed E-state index contributed by atoms with van der Waals surface area (Å²) in [7, 11) is 0. The average Bonchev–Trinajstić information content (AvgIpc) is 2.13. The lowest BCUT2D eigenvalue weighted by atomic mass is 9.51. The van der Waals surface area contributed by atoms with Gasteiger partial charge < -0.3 is 0 Å². The Morgan fingerprint density at radius 2 is 1.22 bits per heavy atom. The van der Waals surface area contributed by atoms with Crippen LogP contribution in [0.2, 0.25) is 0 Å². The second-order valence-corrected chi connectivity index (χ2v) is 9.28. The highest BCUT2D eigenvalue weighted by atomic mass is 15.2. The summed E-state index contributed by atoms with van der Waals surface area (Å²) in [4.78, 5) is 2.70. The van der Waals surface area contributed by atoms with Gasteiger partial charge >= 0.3 is 0 Å². The Kier molecular flexibility index (Phi) is 4.01. The van der Waals surface area contributed by atoms with Crippen LogP contribution >= 0.6 is 0 Å². The number of piperidine rings is 1. The predicted octanol–water partition coefficient (Wildman–Crippen LogP) is 4.96.